The molecule has 0 aromatic heterocycles. The van der Waals surface area contributed by atoms with Crippen LogP contribution in [0.3, 0.4) is 0 Å². The summed E-state index contributed by atoms with van der Waals surface area (Å²) in [6.45, 7) is 4.77. The zero-order valence-corrected chi connectivity index (χ0v) is 12.0. The summed E-state index contributed by atoms with van der Waals surface area (Å²) in [4.78, 5) is 22.6. The van der Waals surface area contributed by atoms with E-state index in [1.165, 1.54) is 7.11 Å². The van der Waals surface area contributed by atoms with E-state index in [4.69, 9.17) is 15.6 Å². The van der Waals surface area contributed by atoms with Gasteiger partial charge in [-0.25, -0.2) is 4.79 Å². The fourth-order valence-electron chi connectivity index (χ4n) is 1.95. The molecule has 0 spiro atoms. The Morgan fingerprint density at radius 2 is 1.95 bits per heavy atom. The lowest BCUT2D eigenvalue weighted by atomic mass is 9.88. The first-order valence-electron chi connectivity index (χ1n) is 6.63. The Balaban J connectivity index is 4.18. The fourth-order valence-corrected chi connectivity index (χ4v) is 1.95. The van der Waals surface area contributed by atoms with Gasteiger partial charge in [0.05, 0.1) is 6.61 Å². The number of carboxylic acid groups (broad SMARTS) is 1. The van der Waals surface area contributed by atoms with Gasteiger partial charge in [-0.3, -0.25) is 4.79 Å². The molecule has 1 amide bonds. The molecule has 112 valence electrons. The van der Waals surface area contributed by atoms with E-state index in [-0.39, 0.29) is 12.5 Å². The first-order chi connectivity index (χ1) is 8.92. The minimum atomic E-state index is -1.09. The first-order valence-corrected chi connectivity index (χ1v) is 6.63. The van der Waals surface area contributed by atoms with E-state index in [1.807, 2.05) is 0 Å². The fraction of sp³-hybridized carbons (Fsp3) is 0.846. The zero-order valence-electron chi connectivity index (χ0n) is 12.0. The predicted molar refractivity (Wildman–Crippen MR) is 72.7 cm³/mol. The Morgan fingerprint density at radius 3 is 2.37 bits per heavy atom. The maximum absolute atomic E-state index is 11.7. The number of amides is 1. The van der Waals surface area contributed by atoms with Crippen LogP contribution in [0, 0.1) is 11.8 Å². The molecular weight excluding hydrogens is 248 g/mol. The number of nitrogens with two attached hydrogens (primary N) is 1. The van der Waals surface area contributed by atoms with Gasteiger partial charge in [0.15, 0.2) is 6.04 Å². The van der Waals surface area contributed by atoms with Gasteiger partial charge < -0.3 is 20.9 Å². The Kier molecular flexibility index (Phi) is 9.16. The topological polar surface area (TPSA) is 102 Å². The van der Waals surface area contributed by atoms with Crippen LogP contribution in [-0.2, 0) is 14.3 Å². The SMILES string of the molecule is COCC(NC(=O)CCC(CCN)C(C)C)C(=O)O. The van der Waals surface area contributed by atoms with Crippen molar-refractivity contribution >= 4 is 11.9 Å². The van der Waals surface area contributed by atoms with Crippen molar-refractivity contribution in [2.75, 3.05) is 20.3 Å². The van der Waals surface area contributed by atoms with E-state index in [2.05, 4.69) is 19.2 Å². The average Bonchev–Trinajstić information content (AvgIpc) is 2.33. The molecule has 0 aromatic carbocycles. The number of methoxy groups -OCH3 is 1. The van der Waals surface area contributed by atoms with Gasteiger partial charge in [0.2, 0.25) is 5.91 Å². The lowest BCUT2D eigenvalue weighted by Crippen LogP contribution is -2.43. The molecule has 19 heavy (non-hydrogen) atoms. The number of hydrogen-bond acceptors (Lipinski definition) is 4. The molecule has 4 N–H and O–H groups in total. The molecular formula is C13H26N2O4. The monoisotopic (exact) mass is 274 g/mol. The third kappa shape index (κ3) is 7.79. The van der Waals surface area contributed by atoms with Crippen molar-refractivity contribution < 1.29 is 19.4 Å². The van der Waals surface area contributed by atoms with E-state index in [1.54, 1.807) is 0 Å². The van der Waals surface area contributed by atoms with Crippen LogP contribution in [-0.4, -0.2) is 43.3 Å². The minimum absolute atomic E-state index is 0.0303. The van der Waals surface area contributed by atoms with Gasteiger partial charge in [0, 0.05) is 13.5 Å². The summed E-state index contributed by atoms with van der Waals surface area (Å²) < 4.78 is 4.76. The van der Waals surface area contributed by atoms with E-state index in [9.17, 15) is 9.59 Å². The molecule has 0 aromatic rings. The van der Waals surface area contributed by atoms with Crippen molar-refractivity contribution in [3.05, 3.63) is 0 Å². The minimum Gasteiger partial charge on any atom is -0.480 e. The highest BCUT2D eigenvalue weighted by Crippen LogP contribution is 2.20. The lowest BCUT2D eigenvalue weighted by Gasteiger charge is -2.20. The van der Waals surface area contributed by atoms with Gasteiger partial charge in [0.1, 0.15) is 0 Å². The number of carbonyl (C=O) groups excluding carboxylic acids is 1. The summed E-state index contributed by atoms with van der Waals surface area (Å²) in [5.41, 5.74) is 5.54. The van der Waals surface area contributed by atoms with Crippen LogP contribution in [0.4, 0.5) is 0 Å². The zero-order chi connectivity index (χ0) is 14.8. The van der Waals surface area contributed by atoms with Crippen LogP contribution in [0.2, 0.25) is 0 Å². The summed E-state index contributed by atoms with van der Waals surface area (Å²) >= 11 is 0. The normalized spacial score (nSPS) is 14.2. The van der Waals surface area contributed by atoms with Crippen LogP contribution < -0.4 is 11.1 Å². The lowest BCUT2D eigenvalue weighted by molar-refractivity contribution is -0.143. The molecule has 0 aliphatic rings. The summed E-state index contributed by atoms with van der Waals surface area (Å²) in [5.74, 6) is -0.489. The van der Waals surface area contributed by atoms with Gasteiger partial charge in [0.25, 0.3) is 0 Å². The summed E-state index contributed by atoms with van der Waals surface area (Å²) in [6, 6.07) is -0.982. The van der Waals surface area contributed by atoms with E-state index >= 15 is 0 Å². The van der Waals surface area contributed by atoms with E-state index in [0.29, 0.717) is 24.8 Å². The second-order valence-corrected chi connectivity index (χ2v) is 5.03. The molecule has 0 aliphatic carbocycles. The van der Waals surface area contributed by atoms with Crippen molar-refractivity contribution in [2.45, 2.75) is 39.2 Å². The summed E-state index contributed by atoms with van der Waals surface area (Å²) in [5, 5.41) is 11.4. The van der Waals surface area contributed by atoms with Gasteiger partial charge in [-0.05, 0) is 31.2 Å². The molecule has 2 atom stereocenters. The van der Waals surface area contributed by atoms with Gasteiger partial charge in [-0.2, -0.15) is 0 Å². The van der Waals surface area contributed by atoms with E-state index < -0.39 is 12.0 Å². The van der Waals surface area contributed by atoms with E-state index in [0.717, 1.165) is 12.8 Å². The number of aliphatic carboxylic acids is 1. The largest absolute Gasteiger partial charge is 0.480 e. The highest BCUT2D eigenvalue weighted by molar-refractivity contribution is 5.83. The Morgan fingerprint density at radius 1 is 1.32 bits per heavy atom. The smallest absolute Gasteiger partial charge is 0.328 e. The summed E-state index contributed by atoms with van der Waals surface area (Å²) in [7, 11) is 1.40. The van der Waals surface area contributed by atoms with Gasteiger partial charge >= 0.3 is 5.97 Å². The van der Waals surface area contributed by atoms with Crippen molar-refractivity contribution in [1.29, 1.82) is 0 Å². The predicted octanol–water partition coefficient (Wildman–Crippen LogP) is 0.603. The molecule has 0 saturated heterocycles. The molecule has 6 nitrogen and oxygen atoms in total. The van der Waals surface area contributed by atoms with Crippen LogP contribution in [0.1, 0.15) is 33.1 Å². The number of carboxylic acids is 1. The first kappa shape index (κ1) is 17.9. The molecule has 0 radical (unpaired) electrons. The third-order valence-electron chi connectivity index (χ3n) is 3.19. The number of hydrogen-bond donors (Lipinski definition) is 3. The van der Waals surface area contributed by atoms with Crippen molar-refractivity contribution in [3.63, 3.8) is 0 Å². The Hall–Kier alpha value is -1.14. The molecule has 6 heteroatoms. The van der Waals surface area contributed by atoms with Crippen molar-refractivity contribution in [1.82, 2.24) is 5.32 Å². The second-order valence-electron chi connectivity index (χ2n) is 5.03. The molecule has 2 unspecified atom stereocenters. The number of nitrogens with one attached hydrogen (secondary N) is 1. The second kappa shape index (κ2) is 9.75. The standard InChI is InChI=1S/C13H26N2O4/c1-9(2)10(6-7-14)4-5-12(16)15-11(8-19-3)13(17)18/h9-11H,4-8,14H2,1-3H3,(H,15,16)(H,17,18). The highest BCUT2D eigenvalue weighted by Gasteiger charge is 2.20. The number of ether oxygens (including phenoxy) is 1. The Labute approximate surface area is 114 Å². The molecule has 0 saturated carbocycles. The molecule has 0 fully saturated rings. The van der Waals surface area contributed by atoms with Crippen molar-refractivity contribution in [2.24, 2.45) is 17.6 Å². The maximum Gasteiger partial charge on any atom is 0.328 e. The van der Waals surface area contributed by atoms with Crippen LogP contribution >= 0.6 is 0 Å². The quantitative estimate of drug-likeness (QED) is 0.541. The maximum atomic E-state index is 11.7. The summed E-state index contributed by atoms with van der Waals surface area (Å²) in [6.07, 6.45) is 1.92. The van der Waals surface area contributed by atoms with Crippen LogP contribution in [0.5, 0.6) is 0 Å². The van der Waals surface area contributed by atoms with Gasteiger partial charge in [-0.1, -0.05) is 13.8 Å². The molecule has 0 aliphatic heterocycles. The number of rotatable bonds is 10. The average molecular weight is 274 g/mol. The molecule has 0 heterocycles. The highest BCUT2D eigenvalue weighted by atomic mass is 16.5. The Bertz CT molecular complexity index is 282. The molecule has 0 rings (SSSR count). The molecule has 0 bridgehead atoms. The van der Waals surface area contributed by atoms with Gasteiger partial charge in [-0.15, -0.1) is 0 Å². The van der Waals surface area contributed by atoms with Crippen molar-refractivity contribution in [3.8, 4) is 0 Å². The number of carbonyl (C=O) groups is 2. The van der Waals surface area contributed by atoms with Crippen LogP contribution in [0.15, 0.2) is 0 Å². The van der Waals surface area contributed by atoms with Crippen LogP contribution in [0.25, 0.3) is 0 Å². The third-order valence-corrected chi connectivity index (χ3v) is 3.19.